The number of thiophene rings is 4. The lowest BCUT2D eigenvalue weighted by Gasteiger charge is -2.52. The molecule has 6 aliphatic heterocycles. The molecule has 388 valence electrons. The number of unbranched alkanes of at least 4 members (excludes halogenated alkanes) is 2. The van der Waals surface area contributed by atoms with Gasteiger partial charge in [-0.05, 0) is 71.5 Å². The molecule has 6 aliphatic rings. The van der Waals surface area contributed by atoms with Crippen LogP contribution in [0.15, 0.2) is 70.1 Å². The van der Waals surface area contributed by atoms with E-state index in [4.69, 9.17) is 39.5 Å². The van der Waals surface area contributed by atoms with E-state index in [1.54, 1.807) is 24.3 Å². The zero-order valence-electron chi connectivity index (χ0n) is 37.8. The Morgan fingerprint density at radius 3 is 1.03 bits per heavy atom. The molecule has 4 aromatic heterocycles. The number of halogens is 6. The van der Waals surface area contributed by atoms with Crippen molar-refractivity contribution in [2.75, 3.05) is 65.6 Å². The Labute approximate surface area is 416 Å². The van der Waals surface area contributed by atoms with Crippen LogP contribution in [0.1, 0.15) is 70.9 Å². The van der Waals surface area contributed by atoms with Gasteiger partial charge in [0.25, 0.3) is 0 Å². The fourth-order valence-electron chi connectivity index (χ4n) is 9.48. The molecule has 2 atom stereocenters. The normalized spacial score (nSPS) is 23.9. The second-order valence-corrected chi connectivity index (χ2v) is 21.5. The molecule has 4 aromatic rings. The van der Waals surface area contributed by atoms with Gasteiger partial charge >= 0.3 is 24.3 Å². The van der Waals surface area contributed by atoms with Gasteiger partial charge in [0.2, 0.25) is 11.2 Å². The summed E-state index contributed by atoms with van der Waals surface area (Å²) in [5.41, 5.74) is -3.45. The third-order valence-electron chi connectivity index (χ3n) is 13.2. The first kappa shape index (κ1) is 56.9. The molecule has 0 aliphatic carbocycles. The van der Waals surface area contributed by atoms with E-state index in [0.29, 0.717) is 31.3 Å². The van der Waals surface area contributed by atoms with Gasteiger partial charge in [-0.3, -0.25) is 0 Å². The van der Waals surface area contributed by atoms with Crippen LogP contribution in [-0.2, 0) is 39.9 Å². The largest absolute Gasteiger partial charge is 0.542 e. The minimum absolute atomic E-state index is 0.143. The van der Waals surface area contributed by atoms with Crippen LogP contribution in [0.4, 0.5) is 26.3 Å². The number of aliphatic hydroxyl groups is 4. The standard InChI is InChI=1S/2C21H28NO4S2.2C2HF3O2/c2*23-12-2-1-9-22-10-7-16(8-11-22)17(15-22)26-20(24)21(25,18-5-3-13-27-18)19-6-4-14-28-19;2*3-2(4,5)1(6)7/h2*3-6,13-14,16-17,23,25H,1-2,7-12,15H2;2*(H,6,7)/q2*+1;;/p-2/t2*16?,17-,22?;;/m00../s1. The zero-order valence-corrected chi connectivity index (χ0v) is 41.1. The number of aliphatic hydroxyl groups excluding tert-OH is 2. The minimum Gasteiger partial charge on any atom is -0.542 e. The van der Waals surface area contributed by atoms with Gasteiger partial charge in [0.1, 0.15) is 25.0 Å². The predicted octanol–water partition coefficient (Wildman–Crippen LogP) is 4.54. The number of hydrogen-bond acceptors (Lipinski definition) is 16. The lowest BCUT2D eigenvalue weighted by Crippen LogP contribution is -2.65. The highest BCUT2D eigenvalue weighted by atomic mass is 32.1. The van der Waals surface area contributed by atoms with Gasteiger partial charge in [-0.1, -0.05) is 24.3 Å². The van der Waals surface area contributed by atoms with Crippen molar-refractivity contribution >= 4 is 69.2 Å². The molecule has 0 unspecified atom stereocenters. The molecule has 14 nitrogen and oxygen atoms in total. The topological polar surface area (TPSA) is 214 Å². The fourth-order valence-corrected chi connectivity index (χ4v) is 12.9. The van der Waals surface area contributed by atoms with Crippen LogP contribution in [0.5, 0.6) is 0 Å². The van der Waals surface area contributed by atoms with Crippen molar-refractivity contribution < 1.29 is 94.6 Å². The first-order chi connectivity index (χ1) is 33.0. The molecule has 0 saturated carbocycles. The second kappa shape index (κ2) is 24.6. The molecular formula is C46H56F6N2O12S4. The zero-order chi connectivity index (χ0) is 51.4. The van der Waals surface area contributed by atoms with Gasteiger partial charge < -0.3 is 58.7 Å². The highest BCUT2D eigenvalue weighted by Crippen LogP contribution is 2.42. The number of quaternary nitrogens is 2. The Morgan fingerprint density at radius 1 is 0.543 bits per heavy atom. The number of aliphatic carboxylic acids is 2. The number of piperidine rings is 6. The van der Waals surface area contributed by atoms with E-state index in [2.05, 4.69) is 0 Å². The van der Waals surface area contributed by atoms with E-state index in [0.717, 1.165) is 113 Å². The van der Waals surface area contributed by atoms with Crippen LogP contribution in [-0.4, -0.2) is 143 Å². The van der Waals surface area contributed by atoms with E-state index in [1.807, 2.05) is 45.8 Å². The van der Waals surface area contributed by atoms with Gasteiger partial charge in [-0.2, -0.15) is 26.3 Å². The van der Waals surface area contributed by atoms with Crippen molar-refractivity contribution in [2.45, 2.75) is 87.1 Å². The van der Waals surface area contributed by atoms with Crippen molar-refractivity contribution in [3.8, 4) is 0 Å². The molecule has 10 heterocycles. The number of nitrogens with zero attached hydrogens (tertiary/aromatic N) is 2. The first-order valence-corrected chi connectivity index (χ1v) is 26.1. The Kier molecular flexibility index (Phi) is 20.0. The fraction of sp³-hybridized carbons (Fsp3) is 0.565. The van der Waals surface area contributed by atoms with Crippen LogP contribution in [0.25, 0.3) is 0 Å². The number of carbonyl (C=O) groups excluding carboxylic acids is 4. The lowest BCUT2D eigenvalue weighted by atomic mass is 9.83. The summed E-state index contributed by atoms with van der Waals surface area (Å²) >= 11 is 5.50. The molecule has 6 fully saturated rings. The van der Waals surface area contributed by atoms with Gasteiger partial charge in [-0.15, -0.1) is 45.3 Å². The van der Waals surface area contributed by atoms with Crippen molar-refractivity contribution in [3.05, 3.63) is 89.6 Å². The Balaban J connectivity index is 0.000000206. The second-order valence-electron chi connectivity index (χ2n) is 17.7. The van der Waals surface area contributed by atoms with E-state index in [-0.39, 0.29) is 25.4 Å². The Bertz CT molecular complexity index is 2000. The first-order valence-electron chi connectivity index (χ1n) is 22.5. The SMILES string of the molecule is O=C(O[C@H]1C[N+]2(CCCCO)CCC1CC2)C(O)(c1cccs1)c1cccs1.O=C(O[C@H]1C[N+]2(CCCCO)CCC1CC2)C(O)(c1cccs1)c1cccs1.O=C([O-])C(F)(F)F.O=C([O-])C(F)(F)F. The number of carboxylic acid groups (broad SMARTS) is 2. The van der Waals surface area contributed by atoms with Crippen molar-refractivity contribution in [1.82, 2.24) is 0 Å². The molecule has 0 radical (unpaired) electrons. The van der Waals surface area contributed by atoms with Crippen LogP contribution >= 0.6 is 45.3 Å². The maximum atomic E-state index is 13.3. The number of ether oxygens (including phenoxy) is 2. The number of alkyl halides is 6. The van der Waals surface area contributed by atoms with Crippen molar-refractivity contribution in [3.63, 3.8) is 0 Å². The predicted molar refractivity (Wildman–Crippen MR) is 243 cm³/mol. The van der Waals surface area contributed by atoms with Gasteiger partial charge in [-0.25, -0.2) is 9.59 Å². The molecule has 0 amide bonds. The minimum atomic E-state index is -5.19. The third kappa shape index (κ3) is 14.2. The van der Waals surface area contributed by atoms with Crippen LogP contribution in [0.2, 0.25) is 0 Å². The summed E-state index contributed by atoms with van der Waals surface area (Å²) in [7, 11) is 0. The molecule has 70 heavy (non-hydrogen) atoms. The number of carbonyl (C=O) groups is 4. The highest BCUT2D eigenvalue weighted by molar-refractivity contribution is 7.12. The summed E-state index contributed by atoms with van der Waals surface area (Å²) in [6.45, 7) is 8.69. The summed E-state index contributed by atoms with van der Waals surface area (Å²) in [5.74, 6) is -6.34. The van der Waals surface area contributed by atoms with Crippen LogP contribution in [0, 0.1) is 11.8 Å². The maximum Gasteiger partial charge on any atom is 0.430 e. The van der Waals surface area contributed by atoms with Gasteiger partial charge in [0.15, 0.2) is 12.2 Å². The average Bonchev–Trinajstić information content (AvgIpc) is 4.19. The average molecular weight is 1070 g/mol. The number of hydrogen-bond donors (Lipinski definition) is 4. The molecule has 24 heteroatoms. The highest BCUT2D eigenvalue weighted by Gasteiger charge is 2.53. The van der Waals surface area contributed by atoms with E-state index in [9.17, 15) is 46.1 Å². The van der Waals surface area contributed by atoms with Crippen LogP contribution in [0.3, 0.4) is 0 Å². The third-order valence-corrected chi connectivity index (χ3v) is 17.2. The molecule has 4 N–H and O–H groups in total. The van der Waals surface area contributed by atoms with E-state index < -0.39 is 47.4 Å². The monoisotopic (exact) mass is 1070 g/mol. The molecule has 6 saturated heterocycles. The Hall–Kier alpha value is -3.98. The summed E-state index contributed by atoms with van der Waals surface area (Å²) < 4.78 is 77.1. The molecule has 10 rings (SSSR count). The van der Waals surface area contributed by atoms with Gasteiger partial charge in [0.05, 0.1) is 58.8 Å². The lowest BCUT2D eigenvalue weighted by molar-refractivity contribution is -0.946. The molecule has 0 aromatic carbocycles. The summed E-state index contributed by atoms with van der Waals surface area (Å²) in [5, 5.41) is 66.2. The van der Waals surface area contributed by atoms with Gasteiger partial charge in [0, 0.05) is 50.7 Å². The number of esters is 2. The smallest absolute Gasteiger partial charge is 0.430 e. The maximum absolute atomic E-state index is 13.3. The Morgan fingerprint density at radius 2 is 0.814 bits per heavy atom. The molecular weight excluding hydrogens is 1010 g/mol. The summed E-state index contributed by atoms with van der Waals surface area (Å²) in [4.78, 5) is 46.5. The molecule has 4 bridgehead atoms. The van der Waals surface area contributed by atoms with Crippen LogP contribution < -0.4 is 10.2 Å². The van der Waals surface area contributed by atoms with E-state index in [1.165, 1.54) is 45.3 Å². The number of fused-ring (bicyclic) bond motifs is 6. The molecule has 0 spiro atoms. The summed E-state index contributed by atoms with van der Waals surface area (Å²) in [6.07, 6.45) is -2.78. The number of rotatable bonds is 16. The summed E-state index contributed by atoms with van der Waals surface area (Å²) in [6, 6.07) is 14.6. The number of carboxylic acids is 2. The van der Waals surface area contributed by atoms with Crippen molar-refractivity contribution in [1.29, 1.82) is 0 Å². The quantitative estimate of drug-likeness (QED) is 0.0528. The van der Waals surface area contributed by atoms with E-state index >= 15 is 0 Å². The van der Waals surface area contributed by atoms with Crippen molar-refractivity contribution in [2.24, 2.45) is 11.8 Å².